The zero-order valence-electron chi connectivity index (χ0n) is 17.4. The van der Waals surface area contributed by atoms with Gasteiger partial charge in [0.1, 0.15) is 18.0 Å². The largest absolute Gasteiger partial charge is 0.493 e. The number of carbonyl (C=O) groups excluding carboxylic acids is 2. The number of pyridine rings is 1. The quantitative estimate of drug-likeness (QED) is 0.719. The molecule has 0 fully saturated rings. The summed E-state index contributed by atoms with van der Waals surface area (Å²) in [5, 5.41) is 1.78. The zero-order valence-corrected chi connectivity index (χ0v) is 17.4. The second kappa shape index (κ2) is 8.68. The monoisotopic (exact) mass is 458 g/mol. The molecule has 0 spiro atoms. The van der Waals surface area contributed by atoms with E-state index >= 15 is 0 Å². The first-order chi connectivity index (χ1) is 15.7. The number of hydrogen-bond acceptors (Lipinski definition) is 5. The lowest BCUT2D eigenvalue weighted by Gasteiger charge is -2.39. The zero-order chi connectivity index (χ0) is 23.6. The van der Waals surface area contributed by atoms with Crippen molar-refractivity contribution in [2.45, 2.75) is 19.0 Å². The number of nitrogens with zero attached hydrogens (tertiary/aromatic N) is 2. The van der Waals surface area contributed by atoms with Crippen LogP contribution >= 0.6 is 0 Å². The molecule has 2 atom stereocenters. The van der Waals surface area contributed by atoms with E-state index in [4.69, 9.17) is 10.5 Å². The van der Waals surface area contributed by atoms with E-state index in [1.807, 2.05) is 30.3 Å². The van der Waals surface area contributed by atoms with Crippen LogP contribution in [0, 0.1) is 11.3 Å². The first-order valence-corrected chi connectivity index (χ1v) is 10.2. The Bertz CT molecular complexity index is 1130. The Hall–Kier alpha value is -3.69. The molecule has 0 aliphatic carbocycles. The summed E-state index contributed by atoms with van der Waals surface area (Å²) in [5.74, 6) is -1.29. The number of aliphatic imine (C=N–C) groups is 1. The molecule has 2 aromatic rings. The molecule has 3 heterocycles. The predicted octanol–water partition coefficient (Wildman–Crippen LogP) is 2.81. The smallest absolute Gasteiger partial charge is 0.405 e. The van der Waals surface area contributed by atoms with E-state index in [9.17, 15) is 22.8 Å². The fraction of sp³-hybridized carbons (Fsp3) is 0.304. The minimum Gasteiger partial charge on any atom is -0.493 e. The number of benzene rings is 1. The van der Waals surface area contributed by atoms with Crippen LogP contribution in [0.1, 0.15) is 12.0 Å². The lowest BCUT2D eigenvalue weighted by Crippen LogP contribution is -2.49. The van der Waals surface area contributed by atoms with Crippen molar-refractivity contribution in [2.24, 2.45) is 22.1 Å². The maximum absolute atomic E-state index is 12.6. The van der Waals surface area contributed by atoms with Crippen LogP contribution in [0.3, 0.4) is 0 Å². The number of nitrogens with one attached hydrogen (secondary N) is 1. The Kier molecular flexibility index (Phi) is 5.92. The Labute approximate surface area is 187 Å². The number of primary amides is 1. The van der Waals surface area contributed by atoms with Gasteiger partial charge in [-0.25, -0.2) is 0 Å². The maximum Gasteiger partial charge on any atom is 0.405 e. The molecule has 1 aromatic carbocycles. The van der Waals surface area contributed by atoms with Gasteiger partial charge in [-0.05, 0) is 42.2 Å². The van der Waals surface area contributed by atoms with Crippen molar-refractivity contribution < 1.29 is 27.5 Å². The number of amides is 2. The van der Waals surface area contributed by atoms with Crippen LogP contribution in [0.15, 0.2) is 59.5 Å². The third-order valence-electron chi connectivity index (χ3n) is 5.95. The number of halogens is 3. The van der Waals surface area contributed by atoms with Crippen LogP contribution in [0.2, 0.25) is 0 Å². The van der Waals surface area contributed by atoms with Crippen LogP contribution in [0.4, 0.5) is 13.2 Å². The number of fused-ring (bicyclic) bond motifs is 1. The second-order valence-corrected chi connectivity index (χ2v) is 7.98. The summed E-state index contributed by atoms with van der Waals surface area (Å²) in [4.78, 5) is 32.6. The van der Waals surface area contributed by atoms with Gasteiger partial charge in [0.05, 0.1) is 12.0 Å². The molecule has 1 aromatic heterocycles. The van der Waals surface area contributed by atoms with E-state index < -0.39 is 30.0 Å². The van der Waals surface area contributed by atoms with E-state index in [1.165, 1.54) is 12.3 Å². The van der Waals surface area contributed by atoms with Gasteiger partial charge >= 0.3 is 6.18 Å². The molecule has 2 aliphatic rings. The Morgan fingerprint density at radius 3 is 2.61 bits per heavy atom. The van der Waals surface area contributed by atoms with E-state index in [-0.39, 0.29) is 24.6 Å². The summed E-state index contributed by atoms with van der Waals surface area (Å²) in [7, 11) is 0. The van der Waals surface area contributed by atoms with Gasteiger partial charge in [0.25, 0.3) is 5.91 Å². The van der Waals surface area contributed by atoms with Crippen molar-refractivity contribution in [1.29, 1.82) is 0 Å². The number of carbonyl (C=O) groups is 2. The normalized spacial score (nSPS) is 22.0. The highest BCUT2D eigenvalue weighted by Gasteiger charge is 2.46. The first kappa shape index (κ1) is 22.5. The van der Waals surface area contributed by atoms with Crippen molar-refractivity contribution >= 4 is 18.0 Å². The molecular formula is C23H21F3N4O3. The summed E-state index contributed by atoms with van der Waals surface area (Å²) < 4.78 is 43.1. The minimum absolute atomic E-state index is 0.0292. The molecule has 2 amide bonds. The van der Waals surface area contributed by atoms with Crippen LogP contribution in [-0.4, -0.2) is 42.3 Å². The standard InChI is InChI=1S/C23H21F3N4O3/c24-23(25,26)13-30-20(31)18-4-7-22(12-29-18,21(27)32)15-10-17-16(14-5-8-28-9-6-14)2-1-3-19(17)33-11-15/h1-6,8-9,12,15H,7,10-11,13H2,(H2,27,32)(H,30,31)/t15-,22?/m1/s1. The average molecular weight is 458 g/mol. The highest BCUT2D eigenvalue weighted by molar-refractivity contribution is 6.03. The molecule has 1 unspecified atom stereocenters. The number of hydrogen-bond donors (Lipinski definition) is 2. The van der Waals surface area contributed by atoms with Gasteiger partial charge < -0.3 is 15.8 Å². The molecule has 33 heavy (non-hydrogen) atoms. The van der Waals surface area contributed by atoms with Gasteiger partial charge in [-0.1, -0.05) is 18.2 Å². The number of aromatic nitrogens is 1. The van der Waals surface area contributed by atoms with Crippen LogP contribution in [0.25, 0.3) is 11.1 Å². The molecule has 3 N–H and O–H groups in total. The van der Waals surface area contributed by atoms with Crippen LogP contribution < -0.4 is 15.8 Å². The summed E-state index contributed by atoms with van der Waals surface area (Å²) in [5.41, 5.74) is 7.13. The van der Waals surface area contributed by atoms with Gasteiger partial charge in [0.2, 0.25) is 5.91 Å². The van der Waals surface area contributed by atoms with Crippen molar-refractivity contribution in [3.63, 3.8) is 0 Å². The third-order valence-corrected chi connectivity index (χ3v) is 5.95. The van der Waals surface area contributed by atoms with Crippen molar-refractivity contribution in [3.8, 4) is 16.9 Å². The second-order valence-electron chi connectivity index (χ2n) is 7.98. The Morgan fingerprint density at radius 1 is 1.21 bits per heavy atom. The van der Waals surface area contributed by atoms with Crippen LogP contribution in [-0.2, 0) is 16.0 Å². The summed E-state index contributed by atoms with van der Waals surface area (Å²) in [6.45, 7) is -1.27. The number of rotatable bonds is 5. The highest BCUT2D eigenvalue weighted by Crippen LogP contribution is 2.43. The van der Waals surface area contributed by atoms with Gasteiger partial charge in [0.15, 0.2) is 0 Å². The van der Waals surface area contributed by atoms with E-state index in [0.717, 1.165) is 16.7 Å². The highest BCUT2D eigenvalue weighted by atomic mass is 19.4. The van der Waals surface area contributed by atoms with Crippen LogP contribution in [0.5, 0.6) is 5.75 Å². The fourth-order valence-electron chi connectivity index (χ4n) is 4.16. The number of ether oxygens (including phenoxy) is 1. The first-order valence-electron chi connectivity index (χ1n) is 10.2. The SMILES string of the molecule is NC(=O)C1([C@H]2COc3cccc(-c4ccncc4)c3C2)C=NC(C(=O)NCC(F)(F)F)=CC1. The van der Waals surface area contributed by atoms with Gasteiger partial charge in [-0.2, -0.15) is 13.2 Å². The van der Waals surface area contributed by atoms with Gasteiger partial charge in [-0.15, -0.1) is 0 Å². The lowest BCUT2D eigenvalue weighted by molar-refractivity contribution is -0.136. The minimum atomic E-state index is -4.54. The van der Waals surface area contributed by atoms with Crippen molar-refractivity contribution in [2.75, 3.05) is 13.2 Å². The summed E-state index contributed by atoms with van der Waals surface area (Å²) in [6, 6.07) is 9.44. The Balaban J connectivity index is 1.58. The van der Waals surface area contributed by atoms with E-state index in [1.54, 1.807) is 17.7 Å². The lowest BCUT2D eigenvalue weighted by atomic mass is 9.68. The predicted molar refractivity (Wildman–Crippen MR) is 114 cm³/mol. The molecule has 7 nitrogen and oxygen atoms in total. The average Bonchev–Trinajstić information content (AvgIpc) is 2.82. The van der Waals surface area contributed by atoms with Crippen molar-refractivity contribution in [3.05, 3.63) is 60.1 Å². The molecule has 10 heteroatoms. The Morgan fingerprint density at radius 2 is 1.97 bits per heavy atom. The molecule has 0 saturated heterocycles. The molecular weight excluding hydrogens is 437 g/mol. The topological polar surface area (TPSA) is 107 Å². The summed E-state index contributed by atoms with van der Waals surface area (Å²) in [6.07, 6.45) is 1.96. The van der Waals surface area contributed by atoms with Gasteiger partial charge in [0, 0.05) is 30.1 Å². The number of alkyl halides is 3. The molecule has 0 radical (unpaired) electrons. The van der Waals surface area contributed by atoms with Gasteiger partial charge in [-0.3, -0.25) is 19.6 Å². The number of allylic oxidation sites excluding steroid dienone is 1. The maximum atomic E-state index is 12.6. The van der Waals surface area contributed by atoms with Crippen molar-refractivity contribution in [1.82, 2.24) is 10.3 Å². The van der Waals surface area contributed by atoms with E-state index in [2.05, 4.69) is 9.98 Å². The summed E-state index contributed by atoms with van der Waals surface area (Å²) >= 11 is 0. The molecule has 4 rings (SSSR count). The number of nitrogens with two attached hydrogens (primary N) is 1. The third kappa shape index (κ3) is 4.59. The molecule has 2 aliphatic heterocycles. The molecule has 0 saturated carbocycles. The van der Waals surface area contributed by atoms with E-state index in [0.29, 0.717) is 12.2 Å². The fourth-order valence-corrected chi connectivity index (χ4v) is 4.16. The molecule has 172 valence electrons. The molecule has 0 bridgehead atoms.